The van der Waals surface area contributed by atoms with Crippen molar-refractivity contribution in [2.24, 2.45) is 29.6 Å². The molecule has 3 fully saturated rings. The maximum atomic E-state index is 16.3. The first-order valence-corrected chi connectivity index (χ1v) is 28.7. The van der Waals surface area contributed by atoms with Gasteiger partial charge in [-0.1, -0.05) is 45.9 Å². The number of piperidine rings is 1. The van der Waals surface area contributed by atoms with Gasteiger partial charge in [0, 0.05) is 106 Å². The lowest BCUT2D eigenvalue weighted by molar-refractivity contribution is -0.160. The molecule has 2 aliphatic carbocycles. The summed E-state index contributed by atoms with van der Waals surface area (Å²) in [6.45, 7) is 15.7. The van der Waals surface area contributed by atoms with Crippen molar-refractivity contribution >= 4 is 51.8 Å². The summed E-state index contributed by atoms with van der Waals surface area (Å²) in [6, 6.07) is 0.831. The van der Waals surface area contributed by atoms with E-state index in [0.29, 0.717) is 37.9 Å². The molecule has 0 spiro atoms. The van der Waals surface area contributed by atoms with Gasteiger partial charge < -0.3 is 69.1 Å². The van der Waals surface area contributed by atoms with Crippen molar-refractivity contribution in [3.63, 3.8) is 0 Å². The molecule has 84 heavy (non-hydrogen) atoms. The zero-order valence-corrected chi connectivity index (χ0v) is 49.2. The number of benzene rings is 2. The fourth-order valence-corrected chi connectivity index (χ4v) is 12.9. The molecule has 0 radical (unpaired) electrons. The van der Waals surface area contributed by atoms with E-state index in [4.69, 9.17) is 23.7 Å². The Morgan fingerprint density at radius 1 is 0.893 bits per heavy atom. The number of likely N-dealkylation sites (tertiary alicyclic amines) is 1. The summed E-state index contributed by atoms with van der Waals surface area (Å²) >= 11 is 0. The van der Waals surface area contributed by atoms with Crippen molar-refractivity contribution in [1.29, 1.82) is 0 Å². The topological polar surface area (TPSA) is 282 Å². The third kappa shape index (κ3) is 11.1. The quantitative estimate of drug-likeness (QED) is 0.119. The molecular weight excluding hydrogens is 1090 g/mol. The molecule has 6 heterocycles. The van der Waals surface area contributed by atoms with Gasteiger partial charge in [0.2, 0.25) is 17.0 Å². The van der Waals surface area contributed by atoms with Gasteiger partial charge in [-0.05, 0) is 70.9 Å². The molecule has 22 heteroatoms. The molecule has 1 amide bonds. The number of nitrogens with one attached hydrogen (secondary N) is 2. The Morgan fingerprint density at radius 2 is 1.57 bits per heavy atom. The molecule has 5 bridgehead atoms. The summed E-state index contributed by atoms with van der Waals surface area (Å²) in [5, 5.41) is 51.2. The Labute approximate surface area is 486 Å². The average molecular weight is 1170 g/mol. The Balaban J connectivity index is 1.00. The van der Waals surface area contributed by atoms with Crippen LogP contribution in [0.15, 0.2) is 64.6 Å². The number of carbonyl (C=O) groups is 6. The van der Waals surface area contributed by atoms with Gasteiger partial charge in [-0.2, -0.15) is 0 Å². The fourth-order valence-electron chi connectivity index (χ4n) is 12.9. The number of aromatic hydroxyl groups is 1. The monoisotopic (exact) mass is 1170 g/mol. The molecule has 5 aliphatic heterocycles. The van der Waals surface area contributed by atoms with Crippen LogP contribution in [0.5, 0.6) is 17.2 Å². The maximum absolute atomic E-state index is 16.3. The number of rotatable bonds is 10. The molecule has 1 aromatic heterocycles. The van der Waals surface area contributed by atoms with Crippen LogP contribution in [-0.2, 0) is 23.8 Å². The first-order chi connectivity index (χ1) is 39.7. The number of carbonyl (C=O) groups excluding carboxylic acids is 5. The van der Waals surface area contributed by atoms with E-state index in [9.17, 15) is 44.4 Å². The lowest BCUT2D eigenvalue weighted by Gasteiger charge is -2.39. The maximum Gasteiger partial charge on any atom is 0.341 e. The number of allylic oxidation sites excluding steroid dienone is 4. The first-order valence-electron chi connectivity index (χ1n) is 28.7. The van der Waals surface area contributed by atoms with E-state index < -0.39 is 128 Å². The largest absolute Gasteiger partial charge is 0.507 e. The lowest BCUT2D eigenvalue weighted by atomic mass is 9.78. The van der Waals surface area contributed by atoms with E-state index in [1.807, 2.05) is 11.8 Å². The van der Waals surface area contributed by atoms with E-state index in [1.165, 1.54) is 66.5 Å². The fraction of sp³-hybridized carbons (Fsp3) is 0.532. The van der Waals surface area contributed by atoms with Crippen molar-refractivity contribution in [2.75, 3.05) is 45.3 Å². The molecule has 7 aliphatic rings. The third-order valence-corrected chi connectivity index (χ3v) is 18.1. The number of aliphatic hydroxyl groups excluding tert-OH is 2. The molecule has 11 atom stereocenters. The van der Waals surface area contributed by atoms with Gasteiger partial charge in [-0.25, -0.2) is 9.18 Å². The number of hydrogen-bond acceptors (Lipinski definition) is 18. The number of anilines is 1. The lowest BCUT2D eigenvalue weighted by Crippen LogP contribution is -2.49. The molecule has 3 aromatic rings. The molecule has 6 N–H and O–H groups in total. The predicted octanol–water partition coefficient (Wildman–Crippen LogP) is 6.42. The summed E-state index contributed by atoms with van der Waals surface area (Å²) in [5.41, 5.74) is -2.44. The number of nitrogens with zero attached hydrogens (tertiary/aromatic N) is 3. The Hall–Kier alpha value is -7.40. The van der Waals surface area contributed by atoms with Crippen LogP contribution in [0.3, 0.4) is 0 Å². The van der Waals surface area contributed by atoms with Crippen molar-refractivity contribution in [3.05, 3.63) is 104 Å². The number of carboxylic acids is 1. The number of pyridine rings is 1. The highest BCUT2D eigenvalue weighted by atomic mass is 19.1. The number of aromatic nitrogens is 1. The van der Waals surface area contributed by atoms with Crippen LogP contribution in [0.1, 0.15) is 141 Å². The van der Waals surface area contributed by atoms with Gasteiger partial charge in [-0.3, -0.25) is 28.8 Å². The number of esters is 1. The Bertz CT molecular complexity index is 3390. The molecule has 452 valence electrons. The van der Waals surface area contributed by atoms with Gasteiger partial charge in [0.15, 0.2) is 11.6 Å². The van der Waals surface area contributed by atoms with Crippen LogP contribution in [0.4, 0.5) is 10.1 Å². The van der Waals surface area contributed by atoms with E-state index in [-0.39, 0.29) is 82.1 Å². The number of halogens is 1. The van der Waals surface area contributed by atoms with Gasteiger partial charge in [-0.15, -0.1) is 0 Å². The Kier molecular flexibility index (Phi) is 17.4. The molecule has 1 saturated carbocycles. The number of phenols is 1. The van der Waals surface area contributed by atoms with Crippen LogP contribution < -0.4 is 30.4 Å². The van der Waals surface area contributed by atoms with Crippen molar-refractivity contribution in [3.8, 4) is 17.2 Å². The number of methoxy groups -OCH3 is 2. The number of phenolic OH excluding ortho intramolecular Hbond substituents is 1. The highest BCUT2D eigenvalue weighted by Gasteiger charge is 2.53. The number of fused-ring (bicyclic) bond motifs is 15. The highest BCUT2D eigenvalue weighted by Crippen LogP contribution is 2.50. The third-order valence-electron chi connectivity index (χ3n) is 18.1. The zero-order chi connectivity index (χ0) is 61.1. The predicted molar refractivity (Wildman–Crippen MR) is 306 cm³/mol. The van der Waals surface area contributed by atoms with Crippen LogP contribution >= 0.6 is 0 Å². The van der Waals surface area contributed by atoms with Crippen molar-refractivity contribution in [2.45, 2.75) is 143 Å². The molecule has 2 aromatic carbocycles. The Morgan fingerprint density at radius 3 is 2.20 bits per heavy atom. The minimum absolute atomic E-state index is 0.0137. The first kappa shape index (κ1) is 61.2. The second kappa shape index (κ2) is 23.9. The van der Waals surface area contributed by atoms with Crippen LogP contribution in [-0.4, -0.2) is 148 Å². The SMILES string of the molecule is COc1c(N2CCC(C(C)NC3CCN(C4=C5NC(=O)/C(C)=C\C=C\[C@@H](C)[C@H](O)[C@@H](C)[C@H](O)[C@@H](C)[C@@H](OC(C)=O)[C@H](C)[C@@H](OC)/C=C/O[C@@]6(C)Oc7c(C)c(O)c(c(c7C6=O)C4=O)C5=O)CC3)C2)c(F)cc2c(=O)c(C(=O)O)cn(C3CC3)c12. The summed E-state index contributed by atoms with van der Waals surface area (Å²) in [5.74, 6) is -11.6. The van der Waals surface area contributed by atoms with E-state index in [2.05, 4.69) is 10.6 Å². The molecule has 2 unspecified atom stereocenters. The normalized spacial score (nSPS) is 29.9. The number of Topliss-reactive ketones (excluding diaryl/α,β-unsaturated/α-hetero) is 3. The van der Waals surface area contributed by atoms with Crippen LogP contribution in [0, 0.1) is 42.3 Å². The van der Waals surface area contributed by atoms with E-state index in [1.54, 1.807) is 49.3 Å². The number of ether oxygens (including phenoxy) is 5. The number of hydrogen-bond donors (Lipinski definition) is 6. The van der Waals surface area contributed by atoms with E-state index >= 15 is 14.0 Å². The number of amides is 1. The standard InChI is InChI=1S/C62H76FN5O16/c1-28-13-12-14-29(2)60(77)65-46-49(66-22-18-37(19-23-66)64-34(7)36-17-21-67(26-36)48-41(63)25-39-47(58(48)81-11)68(38-15-16-38)27-40(53(39)73)61(78)79)55(75)43-44(54(46)74)52(72)33(6)57-45(43)59(76)62(9,84-57)82-24-20-42(80-10)30(3)56(83-35(8)69)32(5)51(71)31(4)50(28)70/h12-14,20,24-25,27-28,30-32,34,36-38,42,50-51,56,64,70-72H,15-19,21-23,26H2,1-11H3,(H,65,77)(H,78,79)/b13-12+,24-20+,29-14-/t28-,30-,31-,32-,34?,36?,42+,50+,51+,56+,62+/m1/s1. The zero-order valence-electron chi connectivity index (χ0n) is 49.2. The van der Waals surface area contributed by atoms with Crippen molar-refractivity contribution in [1.82, 2.24) is 20.1 Å². The molecular formula is C62H76FN5O16. The molecule has 2 saturated heterocycles. The number of carboxylic acid groups (broad SMARTS) is 1. The smallest absolute Gasteiger partial charge is 0.341 e. The second-order valence-electron chi connectivity index (χ2n) is 23.7. The summed E-state index contributed by atoms with van der Waals surface area (Å²) < 4.78 is 47.7. The minimum Gasteiger partial charge on any atom is -0.507 e. The summed E-state index contributed by atoms with van der Waals surface area (Å²) in [6.07, 6.45) is 7.64. The number of aromatic carboxylic acids is 1. The summed E-state index contributed by atoms with van der Waals surface area (Å²) in [7, 11) is 2.82. The molecule has 10 rings (SSSR count). The van der Waals surface area contributed by atoms with Gasteiger partial charge in [0.25, 0.3) is 11.7 Å². The van der Waals surface area contributed by atoms with Gasteiger partial charge in [0.1, 0.15) is 40.2 Å². The second-order valence-corrected chi connectivity index (χ2v) is 23.7. The molecule has 21 nitrogen and oxygen atoms in total. The van der Waals surface area contributed by atoms with Crippen molar-refractivity contribution < 1.29 is 77.3 Å². The van der Waals surface area contributed by atoms with Crippen LogP contribution in [0.2, 0.25) is 0 Å². The average Bonchev–Trinajstić information content (AvgIpc) is 1.47. The van der Waals surface area contributed by atoms with Crippen LogP contribution in [0.25, 0.3) is 10.9 Å². The summed E-state index contributed by atoms with van der Waals surface area (Å²) in [4.78, 5) is 101. The van der Waals surface area contributed by atoms with E-state index in [0.717, 1.165) is 18.9 Å². The minimum atomic E-state index is -2.15. The van der Waals surface area contributed by atoms with Gasteiger partial charge >= 0.3 is 17.7 Å². The number of ketones is 3. The van der Waals surface area contributed by atoms with Gasteiger partial charge in [0.05, 0.1) is 59.3 Å². The highest BCUT2D eigenvalue weighted by molar-refractivity contribution is 6.32. The number of aliphatic hydroxyl groups is 2.